The van der Waals surface area contributed by atoms with Crippen molar-refractivity contribution in [3.8, 4) is 11.5 Å². The Balaban J connectivity index is 1.38. The number of aromatic amines is 1. The van der Waals surface area contributed by atoms with Crippen molar-refractivity contribution in [1.82, 2.24) is 4.98 Å². The summed E-state index contributed by atoms with van der Waals surface area (Å²) in [6, 6.07) is 21.0. The molecule has 39 heavy (non-hydrogen) atoms. The average molecular weight is 559 g/mol. The quantitative estimate of drug-likeness (QED) is 0.317. The zero-order chi connectivity index (χ0) is 27.3. The van der Waals surface area contributed by atoms with Crippen LogP contribution < -0.4 is 19.2 Å². The van der Waals surface area contributed by atoms with Crippen molar-refractivity contribution in [2.24, 2.45) is 5.92 Å². The van der Waals surface area contributed by atoms with Crippen molar-refractivity contribution in [1.29, 1.82) is 0 Å². The van der Waals surface area contributed by atoms with Gasteiger partial charge < -0.3 is 14.5 Å². The van der Waals surface area contributed by atoms with Crippen molar-refractivity contribution < 1.29 is 19.1 Å². The molecule has 198 valence electrons. The fourth-order valence-corrected chi connectivity index (χ4v) is 7.76. The number of methoxy groups -OCH3 is 1. The number of imide groups is 1. The molecule has 2 aliphatic heterocycles. The van der Waals surface area contributed by atoms with E-state index in [9.17, 15) is 14.4 Å². The zero-order valence-electron chi connectivity index (χ0n) is 21.6. The first kappa shape index (κ1) is 25.5. The first-order valence-electron chi connectivity index (χ1n) is 12.5. The number of aryl methyl sites for hydroxylation is 2. The van der Waals surface area contributed by atoms with E-state index in [0.717, 1.165) is 38.5 Å². The van der Waals surface area contributed by atoms with Crippen LogP contribution in [-0.4, -0.2) is 29.2 Å². The van der Waals surface area contributed by atoms with Crippen LogP contribution in [-0.2, 0) is 16.2 Å². The molecule has 2 amide bonds. The highest BCUT2D eigenvalue weighted by Gasteiger charge is 2.56. The van der Waals surface area contributed by atoms with E-state index in [2.05, 4.69) is 4.98 Å². The molecule has 3 unspecified atom stereocenters. The van der Waals surface area contributed by atoms with Crippen LogP contribution >= 0.6 is 23.1 Å². The first-order chi connectivity index (χ1) is 18.9. The van der Waals surface area contributed by atoms with Gasteiger partial charge in [-0.05, 0) is 54.8 Å². The molecular weight excluding hydrogens is 532 g/mol. The van der Waals surface area contributed by atoms with Crippen LogP contribution in [0.4, 0.5) is 5.69 Å². The number of ether oxygens (including phenoxy) is 2. The Morgan fingerprint density at radius 1 is 0.923 bits per heavy atom. The number of anilines is 1. The molecule has 0 aliphatic carbocycles. The number of hydrogen-bond acceptors (Lipinski definition) is 7. The summed E-state index contributed by atoms with van der Waals surface area (Å²) >= 11 is 2.35. The molecule has 7 nitrogen and oxygen atoms in total. The maximum Gasteiger partial charge on any atom is 0.305 e. The van der Waals surface area contributed by atoms with Crippen LogP contribution in [0.3, 0.4) is 0 Å². The van der Waals surface area contributed by atoms with Gasteiger partial charge in [-0.1, -0.05) is 71.1 Å². The number of thiazole rings is 1. The van der Waals surface area contributed by atoms with Crippen LogP contribution in [0.15, 0.2) is 76.6 Å². The van der Waals surface area contributed by atoms with E-state index in [4.69, 9.17) is 9.47 Å². The van der Waals surface area contributed by atoms with E-state index < -0.39 is 17.1 Å². The predicted molar refractivity (Wildman–Crippen MR) is 152 cm³/mol. The second-order valence-electron chi connectivity index (χ2n) is 9.72. The van der Waals surface area contributed by atoms with Crippen molar-refractivity contribution >= 4 is 40.6 Å². The standard InChI is InChI=1S/C30H26N2O5S2/c1-16-8-11-20(12-9-16)32-28(33)24-23(25-27(31-30(35)39-25)38-26(24)29(32)34)18-10-13-21(22(14-18)36-3)37-15-19-7-5-4-6-17(19)2/h4-14,23-24,26H,15H2,1-3H3,(H,31,35). The number of benzene rings is 3. The van der Waals surface area contributed by atoms with Crippen molar-refractivity contribution in [2.75, 3.05) is 12.0 Å². The van der Waals surface area contributed by atoms with Crippen LogP contribution in [0.25, 0.3) is 0 Å². The summed E-state index contributed by atoms with van der Waals surface area (Å²) in [6.07, 6.45) is 0. The average Bonchev–Trinajstić information content (AvgIpc) is 3.43. The molecule has 3 heterocycles. The van der Waals surface area contributed by atoms with Gasteiger partial charge in [-0.25, -0.2) is 4.90 Å². The molecule has 3 atom stereocenters. The number of nitrogens with one attached hydrogen (secondary N) is 1. The molecule has 0 radical (unpaired) electrons. The van der Waals surface area contributed by atoms with Gasteiger partial charge in [-0.3, -0.25) is 14.4 Å². The van der Waals surface area contributed by atoms with Gasteiger partial charge in [-0.2, -0.15) is 0 Å². The molecule has 1 aromatic heterocycles. The highest BCUT2D eigenvalue weighted by atomic mass is 32.2. The van der Waals surface area contributed by atoms with Gasteiger partial charge in [0.1, 0.15) is 11.9 Å². The highest BCUT2D eigenvalue weighted by Crippen LogP contribution is 2.53. The number of nitrogens with zero attached hydrogens (tertiary/aromatic N) is 1. The van der Waals surface area contributed by atoms with Gasteiger partial charge in [0, 0.05) is 10.8 Å². The fraction of sp³-hybridized carbons (Fsp3) is 0.233. The SMILES string of the molecule is COc1cc(C2c3sc(=O)[nH]c3SC3C(=O)N(c4ccc(C)cc4)C(=O)C32)ccc1OCc1ccccc1C. The van der Waals surface area contributed by atoms with Crippen molar-refractivity contribution in [3.63, 3.8) is 0 Å². The van der Waals surface area contributed by atoms with Crippen LogP contribution in [0.1, 0.15) is 33.0 Å². The smallest absolute Gasteiger partial charge is 0.305 e. The van der Waals surface area contributed by atoms with E-state index in [-0.39, 0.29) is 16.7 Å². The topological polar surface area (TPSA) is 88.7 Å². The molecule has 9 heteroatoms. The summed E-state index contributed by atoms with van der Waals surface area (Å²) < 4.78 is 11.8. The molecule has 1 N–H and O–H groups in total. The number of carbonyl (C=O) groups is 2. The molecule has 1 fully saturated rings. The van der Waals surface area contributed by atoms with Crippen LogP contribution in [0.5, 0.6) is 11.5 Å². The highest BCUT2D eigenvalue weighted by molar-refractivity contribution is 8.00. The first-order valence-corrected chi connectivity index (χ1v) is 14.2. The summed E-state index contributed by atoms with van der Waals surface area (Å²) in [6.45, 7) is 4.38. The summed E-state index contributed by atoms with van der Waals surface area (Å²) in [5.74, 6) is -0.590. The second kappa shape index (κ2) is 10.1. The number of fused-ring (bicyclic) bond motifs is 2. The van der Waals surface area contributed by atoms with Gasteiger partial charge >= 0.3 is 4.87 Å². The molecule has 4 aromatic rings. The lowest BCUT2D eigenvalue weighted by Crippen LogP contribution is -2.32. The van der Waals surface area contributed by atoms with Gasteiger partial charge in [0.25, 0.3) is 0 Å². The van der Waals surface area contributed by atoms with Gasteiger partial charge in [0.05, 0.1) is 23.7 Å². The molecular formula is C30H26N2O5S2. The minimum absolute atomic E-state index is 0.210. The van der Waals surface area contributed by atoms with Crippen LogP contribution in [0.2, 0.25) is 0 Å². The molecule has 3 aromatic carbocycles. The van der Waals surface area contributed by atoms with Crippen molar-refractivity contribution in [3.05, 3.63) is 104 Å². The largest absolute Gasteiger partial charge is 0.493 e. The summed E-state index contributed by atoms with van der Waals surface area (Å²) in [7, 11) is 1.57. The van der Waals surface area contributed by atoms with Crippen LogP contribution in [0, 0.1) is 19.8 Å². The van der Waals surface area contributed by atoms with Crippen molar-refractivity contribution in [2.45, 2.75) is 36.6 Å². The lowest BCUT2D eigenvalue weighted by atomic mass is 9.83. The Morgan fingerprint density at radius 3 is 2.44 bits per heavy atom. The lowest BCUT2D eigenvalue weighted by Gasteiger charge is -2.30. The minimum atomic E-state index is -0.661. The van der Waals surface area contributed by atoms with E-state index in [1.807, 2.05) is 68.4 Å². The molecule has 0 bridgehead atoms. The number of amides is 2. The predicted octanol–water partition coefficient (Wildman–Crippen LogP) is 5.44. The number of aromatic nitrogens is 1. The molecule has 1 saturated heterocycles. The molecule has 0 saturated carbocycles. The number of rotatable bonds is 6. The van der Waals surface area contributed by atoms with E-state index in [1.54, 1.807) is 19.2 Å². The maximum atomic E-state index is 13.9. The fourth-order valence-electron chi connectivity index (χ4n) is 5.25. The van der Waals surface area contributed by atoms with Gasteiger partial charge in [0.15, 0.2) is 11.5 Å². The number of hydrogen-bond donors (Lipinski definition) is 1. The third-order valence-electron chi connectivity index (χ3n) is 7.31. The summed E-state index contributed by atoms with van der Waals surface area (Å²) in [4.78, 5) is 44.6. The van der Waals surface area contributed by atoms with E-state index >= 15 is 0 Å². The Labute approximate surface area is 233 Å². The van der Waals surface area contributed by atoms with E-state index in [1.165, 1.54) is 16.7 Å². The number of carbonyl (C=O) groups excluding carboxylic acids is 2. The third-order valence-corrected chi connectivity index (χ3v) is 9.71. The minimum Gasteiger partial charge on any atom is -0.493 e. The number of H-pyrrole nitrogens is 1. The Hall–Kier alpha value is -3.82. The van der Waals surface area contributed by atoms with Gasteiger partial charge in [-0.15, -0.1) is 0 Å². The Bertz CT molecular complexity index is 1640. The van der Waals surface area contributed by atoms with Gasteiger partial charge in [0.2, 0.25) is 11.8 Å². The summed E-state index contributed by atoms with van der Waals surface area (Å²) in [5, 5.41) is -0.00784. The number of thioether (sulfide) groups is 1. The lowest BCUT2D eigenvalue weighted by molar-refractivity contribution is -0.122. The third kappa shape index (κ3) is 4.45. The molecule has 0 spiro atoms. The Kier molecular flexibility index (Phi) is 6.56. The zero-order valence-corrected chi connectivity index (χ0v) is 23.2. The van der Waals surface area contributed by atoms with E-state index in [0.29, 0.717) is 28.8 Å². The monoisotopic (exact) mass is 558 g/mol. The Morgan fingerprint density at radius 2 is 1.69 bits per heavy atom. The summed E-state index contributed by atoms with van der Waals surface area (Å²) in [5.41, 5.74) is 4.59. The normalized spacial score (nSPS) is 20.1. The molecule has 2 aliphatic rings. The maximum absolute atomic E-state index is 13.9. The second-order valence-corrected chi connectivity index (χ2v) is 11.9. The molecule has 6 rings (SSSR count).